The number of nitrogens with zero attached hydrogens (tertiary/aromatic N) is 2. The van der Waals surface area contributed by atoms with Crippen LogP contribution in [0.25, 0.3) is 6.08 Å². The van der Waals surface area contributed by atoms with Gasteiger partial charge in [0.1, 0.15) is 0 Å². The summed E-state index contributed by atoms with van der Waals surface area (Å²) < 4.78 is 12.2. The van der Waals surface area contributed by atoms with Crippen molar-refractivity contribution >= 4 is 30.1 Å². The van der Waals surface area contributed by atoms with E-state index in [0.717, 1.165) is 16.9 Å². The molecule has 0 aromatic carbocycles. The van der Waals surface area contributed by atoms with Gasteiger partial charge in [-0.2, -0.15) is 10.2 Å². The van der Waals surface area contributed by atoms with Crippen LogP contribution in [0.2, 0.25) is 0 Å². The average molecular weight is 334 g/mol. The van der Waals surface area contributed by atoms with E-state index in [9.17, 15) is 4.79 Å². The maximum absolute atomic E-state index is 11.3. The van der Waals surface area contributed by atoms with E-state index in [1.165, 1.54) is 11.8 Å². The Labute approximate surface area is 142 Å². The van der Waals surface area contributed by atoms with Crippen LogP contribution in [0.15, 0.2) is 17.6 Å². The monoisotopic (exact) mass is 334 g/mol. The van der Waals surface area contributed by atoms with Gasteiger partial charge in [0.2, 0.25) is 0 Å². The third-order valence-electron chi connectivity index (χ3n) is 4.15. The molecular weight excluding hydrogens is 311 g/mol. The average Bonchev–Trinajstić information content (AvgIpc) is 2.65. The molecule has 1 saturated heterocycles. The van der Waals surface area contributed by atoms with Gasteiger partial charge in [0.15, 0.2) is 5.12 Å². The number of aromatic nitrogens is 2. The second-order valence-electron chi connectivity index (χ2n) is 6.69. The first-order valence-electron chi connectivity index (χ1n) is 7.60. The number of carbonyl (C=O) groups is 1. The van der Waals surface area contributed by atoms with Crippen LogP contribution in [0.1, 0.15) is 46.0 Å². The van der Waals surface area contributed by atoms with Gasteiger partial charge in [-0.3, -0.25) is 4.79 Å². The van der Waals surface area contributed by atoms with Crippen LogP contribution in [0.4, 0.5) is 0 Å². The second-order valence-corrected chi connectivity index (χ2v) is 7.84. The number of rotatable bonds is 4. The van der Waals surface area contributed by atoms with E-state index in [0.29, 0.717) is 5.75 Å². The summed E-state index contributed by atoms with van der Waals surface area (Å²) in [4.78, 5) is 11.3. The quantitative estimate of drug-likeness (QED) is 0.789. The van der Waals surface area contributed by atoms with Crippen LogP contribution in [-0.2, 0) is 14.1 Å². The van der Waals surface area contributed by atoms with E-state index >= 15 is 0 Å². The second kappa shape index (κ2) is 6.75. The molecule has 0 unspecified atom stereocenters. The molecule has 7 heteroatoms. The summed E-state index contributed by atoms with van der Waals surface area (Å²) in [5, 5.41) is 8.28. The van der Waals surface area contributed by atoms with Gasteiger partial charge >= 0.3 is 7.12 Å². The highest BCUT2D eigenvalue weighted by Crippen LogP contribution is 2.39. The van der Waals surface area contributed by atoms with Crippen LogP contribution >= 0.6 is 11.8 Å². The SMILES string of the molecule is CC(=O)SCC(=Cc1ccc(C)nn1)B1OC(C)(C)C(C)(C)O1. The number of aryl methyl sites for hydroxylation is 1. The van der Waals surface area contributed by atoms with E-state index in [1.54, 1.807) is 6.92 Å². The standard InChI is InChI=1S/C16H23BN2O3S/c1-11-7-8-14(19-18-11)9-13(10-23-12(2)20)17-21-15(3,4)16(5,6)22-17/h7-9H,10H2,1-6H3. The lowest BCUT2D eigenvalue weighted by Crippen LogP contribution is -2.41. The summed E-state index contributed by atoms with van der Waals surface area (Å²) in [6.45, 7) is 11.5. The minimum atomic E-state index is -0.491. The predicted octanol–water partition coefficient (Wildman–Crippen LogP) is 3.08. The van der Waals surface area contributed by atoms with Crippen molar-refractivity contribution in [3.63, 3.8) is 0 Å². The Kier molecular flexibility index (Phi) is 5.33. The van der Waals surface area contributed by atoms with Crippen molar-refractivity contribution in [2.75, 3.05) is 5.75 Å². The van der Waals surface area contributed by atoms with E-state index in [-0.39, 0.29) is 5.12 Å². The first-order chi connectivity index (χ1) is 10.6. The van der Waals surface area contributed by atoms with Crippen LogP contribution < -0.4 is 0 Å². The van der Waals surface area contributed by atoms with Crippen molar-refractivity contribution in [2.45, 2.75) is 52.7 Å². The van der Waals surface area contributed by atoms with E-state index in [4.69, 9.17) is 9.31 Å². The molecular formula is C16H23BN2O3S. The molecule has 1 fully saturated rings. The first-order valence-corrected chi connectivity index (χ1v) is 8.59. The summed E-state index contributed by atoms with van der Waals surface area (Å²) >= 11 is 1.23. The third-order valence-corrected chi connectivity index (χ3v) is 5.03. The molecule has 1 aliphatic heterocycles. The molecule has 0 radical (unpaired) electrons. The Morgan fingerprint density at radius 2 is 1.83 bits per heavy atom. The fraction of sp³-hybridized carbons (Fsp3) is 0.562. The van der Waals surface area contributed by atoms with Gasteiger partial charge in [-0.15, -0.1) is 0 Å². The van der Waals surface area contributed by atoms with Crippen LogP contribution in [0.5, 0.6) is 0 Å². The minimum Gasteiger partial charge on any atom is -0.400 e. The number of hydrogen-bond donors (Lipinski definition) is 0. The smallest absolute Gasteiger partial charge is 0.400 e. The molecule has 1 aliphatic rings. The summed E-state index contributed by atoms with van der Waals surface area (Å²) in [7, 11) is -0.491. The van der Waals surface area contributed by atoms with Crippen molar-refractivity contribution in [1.82, 2.24) is 10.2 Å². The molecule has 0 N–H and O–H groups in total. The minimum absolute atomic E-state index is 0.0578. The maximum atomic E-state index is 11.3. The maximum Gasteiger partial charge on any atom is 0.491 e. The largest absolute Gasteiger partial charge is 0.491 e. The Morgan fingerprint density at radius 3 is 2.30 bits per heavy atom. The van der Waals surface area contributed by atoms with Gasteiger partial charge in [0.25, 0.3) is 0 Å². The van der Waals surface area contributed by atoms with Gasteiger partial charge < -0.3 is 9.31 Å². The fourth-order valence-corrected chi connectivity index (χ4v) is 2.62. The van der Waals surface area contributed by atoms with Crippen molar-refractivity contribution < 1.29 is 14.1 Å². The summed E-state index contributed by atoms with van der Waals surface area (Å²) in [5.41, 5.74) is 1.62. The predicted molar refractivity (Wildman–Crippen MR) is 94.0 cm³/mol. The van der Waals surface area contributed by atoms with Gasteiger partial charge in [-0.1, -0.05) is 11.8 Å². The number of thioether (sulfide) groups is 1. The molecule has 1 aromatic rings. The Balaban J connectivity index is 2.28. The molecule has 0 bridgehead atoms. The van der Waals surface area contributed by atoms with E-state index < -0.39 is 18.3 Å². The molecule has 0 amide bonds. The van der Waals surface area contributed by atoms with Gasteiger partial charge in [0.05, 0.1) is 22.6 Å². The Bertz CT molecular complexity index is 598. The fourth-order valence-electron chi connectivity index (χ4n) is 2.03. The van der Waals surface area contributed by atoms with Crippen molar-refractivity contribution in [1.29, 1.82) is 0 Å². The van der Waals surface area contributed by atoms with Crippen LogP contribution in [0, 0.1) is 6.92 Å². The molecule has 2 rings (SSSR count). The molecule has 0 spiro atoms. The normalized spacial score (nSPS) is 19.9. The third kappa shape index (κ3) is 4.43. The molecule has 23 heavy (non-hydrogen) atoms. The van der Waals surface area contributed by atoms with Crippen molar-refractivity contribution in [3.8, 4) is 0 Å². The lowest BCUT2D eigenvalue weighted by Gasteiger charge is -2.32. The number of hydrogen-bond acceptors (Lipinski definition) is 6. The molecule has 2 heterocycles. The van der Waals surface area contributed by atoms with E-state index in [2.05, 4.69) is 10.2 Å². The van der Waals surface area contributed by atoms with Crippen LogP contribution in [-0.4, -0.2) is 39.4 Å². The van der Waals surface area contributed by atoms with E-state index in [1.807, 2.05) is 52.8 Å². The number of carbonyl (C=O) groups excluding carboxylic acids is 1. The molecule has 0 atom stereocenters. The zero-order valence-electron chi connectivity index (χ0n) is 14.5. The topological polar surface area (TPSA) is 61.3 Å². The molecule has 5 nitrogen and oxygen atoms in total. The first kappa shape index (κ1) is 18.2. The molecule has 0 saturated carbocycles. The summed E-state index contributed by atoms with van der Waals surface area (Å²) in [6.07, 6.45) is 1.89. The molecule has 0 aliphatic carbocycles. The van der Waals surface area contributed by atoms with Crippen molar-refractivity contribution in [2.24, 2.45) is 0 Å². The zero-order valence-corrected chi connectivity index (χ0v) is 15.4. The van der Waals surface area contributed by atoms with Crippen molar-refractivity contribution in [3.05, 3.63) is 29.0 Å². The van der Waals surface area contributed by atoms with Gasteiger partial charge in [-0.05, 0) is 58.3 Å². The highest BCUT2D eigenvalue weighted by atomic mass is 32.2. The summed E-state index contributed by atoms with van der Waals surface area (Å²) in [5.74, 6) is 0.502. The molecule has 1 aromatic heterocycles. The lowest BCUT2D eigenvalue weighted by molar-refractivity contribution is -0.109. The lowest BCUT2D eigenvalue weighted by atomic mass is 9.78. The molecule has 124 valence electrons. The van der Waals surface area contributed by atoms with Gasteiger partial charge in [-0.25, -0.2) is 0 Å². The van der Waals surface area contributed by atoms with Crippen LogP contribution in [0.3, 0.4) is 0 Å². The Hall–Kier alpha value is -1.18. The Morgan fingerprint density at radius 1 is 1.22 bits per heavy atom. The highest BCUT2D eigenvalue weighted by Gasteiger charge is 2.52. The van der Waals surface area contributed by atoms with Gasteiger partial charge in [0, 0.05) is 12.7 Å². The highest BCUT2D eigenvalue weighted by molar-refractivity contribution is 8.13. The zero-order chi connectivity index (χ0) is 17.3. The summed E-state index contributed by atoms with van der Waals surface area (Å²) in [6, 6.07) is 3.80.